The summed E-state index contributed by atoms with van der Waals surface area (Å²) in [5.41, 5.74) is 1.53. The number of carbonyl (C=O) groups excluding carboxylic acids is 5. The van der Waals surface area contributed by atoms with Gasteiger partial charge in [-0.3, -0.25) is 34.2 Å². The Kier molecular flexibility index (Phi) is 10.7. The van der Waals surface area contributed by atoms with Gasteiger partial charge in [0.15, 0.2) is 5.69 Å². The molecule has 3 unspecified atom stereocenters. The number of piperidine rings is 3. The number of aromatic nitrogens is 1. The number of hydrogen-bond acceptors (Lipinski definition) is 10. The van der Waals surface area contributed by atoms with Crippen LogP contribution in [0.3, 0.4) is 0 Å². The molecule has 3 atom stereocenters. The number of imide groups is 2. The summed E-state index contributed by atoms with van der Waals surface area (Å²) in [7, 11) is 0. The lowest BCUT2D eigenvalue weighted by atomic mass is 9.95. The Morgan fingerprint density at radius 2 is 1.43 bits per heavy atom. The van der Waals surface area contributed by atoms with Crippen LogP contribution in [0.25, 0.3) is 4.85 Å². The van der Waals surface area contributed by atoms with E-state index in [1.54, 1.807) is 18.3 Å². The summed E-state index contributed by atoms with van der Waals surface area (Å²) in [6.07, 6.45) is 0.485. The zero-order valence-electron chi connectivity index (χ0n) is 33.5. The molecule has 5 amide bonds. The van der Waals surface area contributed by atoms with Crippen LogP contribution >= 0.6 is 0 Å². The van der Waals surface area contributed by atoms with Crippen molar-refractivity contribution in [2.24, 2.45) is 23.7 Å². The summed E-state index contributed by atoms with van der Waals surface area (Å²) >= 11 is 0. The van der Waals surface area contributed by atoms with Crippen LogP contribution in [0.15, 0.2) is 54.7 Å². The van der Waals surface area contributed by atoms with Crippen molar-refractivity contribution in [2.75, 3.05) is 78.9 Å². The Bertz CT molecular complexity index is 2290. The molecule has 0 saturated carbocycles. The fourth-order valence-corrected chi connectivity index (χ4v) is 10.2. The normalized spacial score (nSPS) is 23.9. The third-order valence-corrected chi connectivity index (χ3v) is 13.5. The van der Waals surface area contributed by atoms with E-state index in [0.717, 1.165) is 81.0 Å². The summed E-state index contributed by atoms with van der Waals surface area (Å²) in [5.74, 6) is -0.380. The van der Waals surface area contributed by atoms with Gasteiger partial charge in [-0.1, -0.05) is 6.07 Å². The predicted molar refractivity (Wildman–Crippen MR) is 219 cm³/mol. The average Bonchev–Trinajstić information content (AvgIpc) is 3.90. The van der Waals surface area contributed by atoms with E-state index in [-0.39, 0.29) is 24.7 Å². The third-order valence-electron chi connectivity index (χ3n) is 13.5. The molecule has 0 spiro atoms. The molecule has 2 N–H and O–H groups in total. The molecule has 1 aromatic heterocycles. The van der Waals surface area contributed by atoms with E-state index in [0.29, 0.717) is 66.3 Å². The number of fused-ring (bicyclic) bond motifs is 2. The van der Waals surface area contributed by atoms with Gasteiger partial charge in [0.25, 0.3) is 11.8 Å². The number of likely N-dealkylation sites (tertiary alicyclic amines) is 1. The summed E-state index contributed by atoms with van der Waals surface area (Å²) < 4.78 is 40.5. The number of nitrogens with zero attached hydrogens (tertiary/aromatic N) is 7. The van der Waals surface area contributed by atoms with Gasteiger partial charge in [0, 0.05) is 82.6 Å². The van der Waals surface area contributed by atoms with Crippen molar-refractivity contribution in [1.82, 2.24) is 20.1 Å². The molecule has 0 bridgehead atoms. The Morgan fingerprint density at radius 1 is 0.787 bits per heavy atom. The topological polar surface area (TPSA) is 143 Å². The molecule has 318 valence electrons. The second kappa shape index (κ2) is 16.1. The number of anilines is 4. The van der Waals surface area contributed by atoms with Crippen LogP contribution in [0.2, 0.25) is 0 Å². The van der Waals surface area contributed by atoms with Gasteiger partial charge in [-0.25, -0.2) is 9.83 Å². The minimum absolute atomic E-state index is 0.0834. The van der Waals surface area contributed by atoms with Gasteiger partial charge in [0.1, 0.15) is 11.9 Å². The molecule has 61 heavy (non-hydrogen) atoms. The Labute approximate surface area is 350 Å². The van der Waals surface area contributed by atoms with Gasteiger partial charge in [0.05, 0.1) is 35.1 Å². The highest BCUT2D eigenvalue weighted by Crippen LogP contribution is 2.40. The second-order valence-corrected chi connectivity index (χ2v) is 17.2. The first-order chi connectivity index (χ1) is 29.3. The second-order valence-electron chi connectivity index (χ2n) is 17.2. The summed E-state index contributed by atoms with van der Waals surface area (Å²) in [6.45, 7) is 14.6. The van der Waals surface area contributed by atoms with Gasteiger partial charge in [-0.15, -0.1) is 0 Å². The SMILES string of the molecule is [C-]#[N+]c1ccc(N2CCC(C(=O)Nc3ccc(N4CCC(CN5CC6CN(c7ccc8c(c7)C(=O)N(C7CCC(=O)NC7=O)C8=O)CC6C5)CC4)cn3)CC2)cc1C(F)(F)F. The Morgan fingerprint density at radius 3 is 2.08 bits per heavy atom. The number of alkyl halides is 3. The van der Waals surface area contributed by atoms with Crippen molar-refractivity contribution >= 4 is 58.1 Å². The standard InChI is InChI=1S/C44H46F3N9O5/c1-48-36-6-3-31(19-35(36)44(45,46)47)53-16-12-27(13-17-53)40(58)50-38-8-4-32(20-49-38)54-14-10-26(11-15-54)21-52-22-28-24-55(25-29(28)23-52)30-2-5-33-34(18-30)43(61)56(42(33)60)37-7-9-39(57)51-41(37)59/h2-6,8,18-20,26-29,37H,7,9-17,21-25H2,(H,49,50,58)(H,51,57,59). The van der Waals surface area contributed by atoms with E-state index >= 15 is 0 Å². The molecule has 9 rings (SSSR count). The van der Waals surface area contributed by atoms with Crippen molar-refractivity contribution in [3.8, 4) is 0 Å². The Hall–Kier alpha value is -6.02. The molecule has 7 heterocycles. The van der Waals surface area contributed by atoms with Crippen LogP contribution in [0.4, 0.5) is 41.7 Å². The molecule has 14 nitrogen and oxygen atoms in total. The lowest BCUT2D eigenvalue weighted by Crippen LogP contribution is -2.54. The number of amides is 5. The molecule has 6 aliphatic heterocycles. The number of halogens is 3. The molecule has 6 aliphatic rings. The van der Waals surface area contributed by atoms with E-state index in [1.807, 2.05) is 23.1 Å². The number of carbonyl (C=O) groups is 5. The number of pyridine rings is 1. The van der Waals surface area contributed by atoms with Crippen molar-refractivity contribution in [3.63, 3.8) is 0 Å². The van der Waals surface area contributed by atoms with Crippen LogP contribution < -0.4 is 25.3 Å². The number of nitrogens with one attached hydrogen (secondary N) is 2. The average molecular weight is 838 g/mol. The quantitative estimate of drug-likeness (QED) is 0.230. The maximum atomic E-state index is 13.5. The molecule has 5 fully saturated rings. The highest BCUT2D eigenvalue weighted by atomic mass is 19.4. The fraction of sp³-hybridized carbons (Fsp3) is 0.477. The van der Waals surface area contributed by atoms with Crippen LogP contribution in [-0.2, 0) is 20.6 Å². The maximum Gasteiger partial charge on any atom is 0.407 e. The van der Waals surface area contributed by atoms with Crippen molar-refractivity contribution in [3.05, 3.63) is 82.8 Å². The van der Waals surface area contributed by atoms with Crippen molar-refractivity contribution < 1.29 is 37.1 Å². The third kappa shape index (κ3) is 8.01. The van der Waals surface area contributed by atoms with Gasteiger partial charge < -0.3 is 24.9 Å². The monoisotopic (exact) mass is 837 g/mol. The first-order valence-electron chi connectivity index (χ1n) is 21.0. The molecule has 17 heteroatoms. The number of hydrogen-bond donors (Lipinski definition) is 2. The molecular formula is C44H46F3N9O5. The van der Waals surface area contributed by atoms with Crippen LogP contribution in [0, 0.1) is 30.2 Å². The molecule has 5 saturated heterocycles. The van der Waals surface area contributed by atoms with E-state index in [1.165, 1.54) is 12.1 Å². The predicted octanol–water partition coefficient (Wildman–Crippen LogP) is 5.19. The highest BCUT2D eigenvalue weighted by Gasteiger charge is 2.46. The molecule has 2 aromatic carbocycles. The lowest BCUT2D eigenvalue weighted by molar-refractivity contribution is -0.137. The van der Waals surface area contributed by atoms with E-state index in [2.05, 4.69) is 35.2 Å². The number of rotatable bonds is 8. The summed E-state index contributed by atoms with van der Waals surface area (Å²) in [4.78, 5) is 81.3. The molecular weight excluding hydrogens is 792 g/mol. The minimum Gasteiger partial charge on any atom is -0.372 e. The zero-order chi connectivity index (χ0) is 42.6. The van der Waals surface area contributed by atoms with Crippen molar-refractivity contribution in [2.45, 2.75) is 50.7 Å². The van der Waals surface area contributed by atoms with Crippen LogP contribution in [0.1, 0.15) is 64.8 Å². The van der Waals surface area contributed by atoms with E-state index in [4.69, 9.17) is 6.57 Å². The van der Waals surface area contributed by atoms with Gasteiger partial charge in [-0.05, 0) is 92.3 Å². The first kappa shape index (κ1) is 40.4. The van der Waals surface area contributed by atoms with Crippen LogP contribution in [-0.4, -0.2) is 109 Å². The maximum absolute atomic E-state index is 13.5. The van der Waals surface area contributed by atoms with Gasteiger partial charge >= 0.3 is 6.18 Å². The molecule has 0 radical (unpaired) electrons. The Balaban J connectivity index is 0.706. The largest absolute Gasteiger partial charge is 0.407 e. The first-order valence-corrected chi connectivity index (χ1v) is 21.0. The molecule has 3 aromatic rings. The highest BCUT2D eigenvalue weighted by molar-refractivity contribution is 6.23. The van der Waals surface area contributed by atoms with E-state index in [9.17, 15) is 37.1 Å². The van der Waals surface area contributed by atoms with E-state index < -0.39 is 47.1 Å². The van der Waals surface area contributed by atoms with Gasteiger partial charge in [-0.2, -0.15) is 13.2 Å². The smallest absolute Gasteiger partial charge is 0.372 e. The summed E-state index contributed by atoms with van der Waals surface area (Å²) in [6, 6.07) is 11.9. The van der Waals surface area contributed by atoms with Crippen LogP contribution in [0.5, 0.6) is 0 Å². The summed E-state index contributed by atoms with van der Waals surface area (Å²) in [5, 5.41) is 5.16. The fourth-order valence-electron chi connectivity index (χ4n) is 10.2. The lowest BCUT2D eigenvalue weighted by Gasteiger charge is -2.35. The number of benzene rings is 2. The van der Waals surface area contributed by atoms with Crippen molar-refractivity contribution in [1.29, 1.82) is 0 Å². The van der Waals surface area contributed by atoms with Gasteiger partial charge in [0.2, 0.25) is 17.7 Å². The minimum atomic E-state index is -4.62. The molecule has 0 aliphatic carbocycles. The zero-order valence-corrected chi connectivity index (χ0v) is 33.5.